The maximum atomic E-state index is 14.2. The quantitative estimate of drug-likeness (QED) is 0.264. The molecule has 4 atom stereocenters. The van der Waals surface area contributed by atoms with E-state index in [4.69, 9.17) is 10.5 Å². The number of carbonyl (C=O) groups excluding carboxylic acids is 3. The number of thiophene rings is 1. The third-order valence-corrected chi connectivity index (χ3v) is 9.88. The van der Waals surface area contributed by atoms with Gasteiger partial charge in [0.25, 0.3) is 0 Å². The first-order valence-electron chi connectivity index (χ1n) is 16.7. The summed E-state index contributed by atoms with van der Waals surface area (Å²) >= 11 is 1.50. The molecule has 3 heterocycles. The molecular weight excluding hydrogens is 590 g/mol. The van der Waals surface area contributed by atoms with Gasteiger partial charge in [-0.2, -0.15) is 0 Å². The molecule has 4 rings (SSSR count). The highest BCUT2D eigenvalue weighted by molar-refractivity contribution is 7.09. The Morgan fingerprint density at radius 1 is 1.13 bits per heavy atom. The number of nitrogens with zero attached hydrogens (tertiary/aromatic N) is 3. The van der Waals surface area contributed by atoms with Crippen molar-refractivity contribution >= 4 is 29.2 Å². The number of pyridine rings is 1. The van der Waals surface area contributed by atoms with Gasteiger partial charge in [-0.05, 0) is 61.6 Å². The predicted molar refractivity (Wildman–Crippen MR) is 176 cm³/mol. The largest absolute Gasteiger partial charge is 0.391 e. The Morgan fingerprint density at radius 3 is 2.58 bits per heavy atom. The number of hydrogen-bond acceptors (Lipinski definition) is 8. The van der Waals surface area contributed by atoms with Gasteiger partial charge >= 0.3 is 6.03 Å². The van der Waals surface area contributed by atoms with Gasteiger partial charge in [-0.3, -0.25) is 19.5 Å². The van der Waals surface area contributed by atoms with E-state index >= 15 is 0 Å². The van der Waals surface area contributed by atoms with Gasteiger partial charge in [0.1, 0.15) is 6.04 Å². The third-order valence-electron chi connectivity index (χ3n) is 8.98. The first kappa shape index (κ1) is 35.0. The molecule has 1 saturated heterocycles. The molecule has 4 N–H and O–H groups in total. The number of morpholine rings is 1. The van der Waals surface area contributed by atoms with Crippen molar-refractivity contribution in [1.82, 2.24) is 20.1 Å². The fourth-order valence-corrected chi connectivity index (χ4v) is 7.23. The van der Waals surface area contributed by atoms with Gasteiger partial charge < -0.3 is 25.8 Å². The normalized spacial score (nSPS) is 18.5. The average Bonchev–Trinajstić information content (AvgIpc) is 3.58. The van der Waals surface area contributed by atoms with Gasteiger partial charge in [-0.15, -0.1) is 11.3 Å². The van der Waals surface area contributed by atoms with Crippen molar-refractivity contribution in [3.8, 4) is 0 Å². The number of ether oxygens (including phenoxy) is 1. The van der Waals surface area contributed by atoms with Crippen molar-refractivity contribution in [2.75, 3.05) is 26.3 Å². The van der Waals surface area contributed by atoms with Crippen molar-refractivity contribution in [3.05, 3.63) is 52.5 Å². The summed E-state index contributed by atoms with van der Waals surface area (Å²) in [6, 6.07) is 6.60. The summed E-state index contributed by atoms with van der Waals surface area (Å²) in [5.41, 5.74) is 7.40. The van der Waals surface area contributed by atoms with E-state index < -0.39 is 42.1 Å². The molecule has 1 aliphatic carbocycles. The highest BCUT2D eigenvalue weighted by Gasteiger charge is 2.40. The zero-order chi connectivity index (χ0) is 32.0. The molecule has 2 fully saturated rings. The van der Waals surface area contributed by atoms with E-state index in [1.165, 1.54) is 17.8 Å². The molecule has 2 aromatic rings. The van der Waals surface area contributed by atoms with Gasteiger partial charge in [-0.1, -0.05) is 57.6 Å². The molecule has 11 heteroatoms. The topological polar surface area (TPSA) is 138 Å². The Balaban J connectivity index is 1.53. The minimum Gasteiger partial charge on any atom is -0.391 e. The number of imide groups is 1. The zero-order valence-electron chi connectivity index (χ0n) is 26.6. The third kappa shape index (κ3) is 10.6. The lowest BCUT2D eigenvalue weighted by Crippen LogP contribution is -2.62. The number of nitrogens with one attached hydrogen (secondary N) is 1. The molecule has 4 amide bonds. The van der Waals surface area contributed by atoms with Crippen LogP contribution in [0.2, 0.25) is 0 Å². The van der Waals surface area contributed by atoms with Crippen molar-refractivity contribution in [3.63, 3.8) is 0 Å². The van der Waals surface area contributed by atoms with E-state index in [0.717, 1.165) is 54.0 Å². The molecule has 0 bridgehead atoms. The SMILES string of the molecule is CCC[C@@H](C(=O)N[C@@H](CC1CCCCC1)[C@@H](O)CCCc1ccccn1)N(C(=O)[C@@H](N)Cc1cccs1)C(=O)N1CCOCC1. The molecule has 248 valence electrons. The molecule has 0 aromatic carbocycles. The minimum atomic E-state index is -1.04. The van der Waals surface area contributed by atoms with Crippen LogP contribution in [-0.2, 0) is 27.2 Å². The van der Waals surface area contributed by atoms with E-state index in [9.17, 15) is 19.5 Å². The van der Waals surface area contributed by atoms with Gasteiger partial charge in [0.05, 0.1) is 31.4 Å². The monoisotopic (exact) mass is 641 g/mol. The summed E-state index contributed by atoms with van der Waals surface area (Å²) in [6.07, 6.45) is 10.5. The van der Waals surface area contributed by atoms with Crippen LogP contribution in [0.3, 0.4) is 0 Å². The van der Waals surface area contributed by atoms with Crippen LogP contribution in [0.4, 0.5) is 4.79 Å². The van der Waals surface area contributed by atoms with Crippen LogP contribution in [0.25, 0.3) is 0 Å². The Bertz CT molecular complexity index is 1170. The summed E-state index contributed by atoms with van der Waals surface area (Å²) in [7, 11) is 0. The van der Waals surface area contributed by atoms with Crippen molar-refractivity contribution < 1.29 is 24.2 Å². The minimum absolute atomic E-state index is 0.281. The van der Waals surface area contributed by atoms with Gasteiger partial charge in [0.2, 0.25) is 11.8 Å². The lowest BCUT2D eigenvalue weighted by Gasteiger charge is -2.38. The predicted octanol–water partition coefficient (Wildman–Crippen LogP) is 4.30. The fraction of sp³-hybridized carbons (Fsp3) is 0.647. The van der Waals surface area contributed by atoms with Gasteiger partial charge in [0.15, 0.2) is 0 Å². The standard InChI is InChI=1S/C34H51N5O5S/c1-2-10-30(39(34(43)38-18-20-44-21-19-38)33(42)28(35)24-27-15-9-22-45-27)32(41)37-29(23-25-11-4-3-5-12-25)31(40)16-8-14-26-13-6-7-17-36-26/h6-7,9,13,15,17,22,25,28-31,40H,2-5,8,10-12,14,16,18-21,23-24,35H2,1H3,(H,37,41)/t28-,29-,30-,31-/m0/s1. The van der Waals surface area contributed by atoms with Crippen LogP contribution in [0.1, 0.15) is 81.7 Å². The number of aryl methyl sites for hydroxylation is 1. The lowest BCUT2D eigenvalue weighted by molar-refractivity contribution is -0.140. The Hall–Kier alpha value is -2.86. The van der Waals surface area contributed by atoms with Crippen molar-refractivity contribution in [1.29, 1.82) is 0 Å². The highest BCUT2D eigenvalue weighted by atomic mass is 32.1. The molecule has 10 nitrogen and oxygen atoms in total. The molecular formula is C34H51N5O5S. The fourth-order valence-electron chi connectivity index (χ4n) is 6.46. The number of hydrogen-bond donors (Lipinski definition) is 3. The number of aromatic nitrogens is 1. The molecule has 2 aromatic heterocycles. The number of aliphatic hydroxyl groups is 1. The Labute approximate surface area is 271 Å². The van der Waals surface area contributed by atoms with E-state index in [0.29, 0.717) is 57.9 Å². The second-order valence-corrected chi connectivity index (χ2v) is 13.5. The van der Waals surface area contributed by atoms with E-state index in [1.54, 1.807) is 11.1 Å². The number of nitrogens with two attached hydrogens (primary N) is 1. The van der Waals surface area contributed by atoms with Crippen LogP contribution in [0, 0.1) is 5.92 Å². The average molecular weight is 642 g/mol. The molecule has 0 radical (unpaired) electrons. The summed E-state index contributed by atoms with van der Waals surface area (Å²) in [5, 5.41) is 16.5. The lowest BCUT2D eigenvalue weighted by atomic mass is 9.83. The summed E-state index contributed by atoms with van der Waals surface area (Å²) < 4.78 is 5.44. The maximum absolute atomic E-state index is 14.2. The number of amides is 4. The van der Waals surface area contributed by atoms with Crippen LogP contribution in [0.15, 0.2) is 41.9 Å². The number of aliphatic hydroxyl groups excluding tert-OH is 1. The summed E-state index contributed by atoms with van der Waals surface area (Å²) in [4.78, 5) is 50.1. The van der Waals surface area contributed by atoms with Gasteiger partial charge in [-0.25, -0.2) is 4.79 Å². The van der Waals surface area contributed by atoms with Gasteiger partial charge in [0, 0.05) is 36.3 Å². The van der Waals surface area contributed by atoms with Crippen molar-refractivity contribution in [2.24, 2.45) is 11.7 Å². The van der Waals surface area contributed by atoms with Crippen molar-refractivity contribution in [2.45, 2.75) is 108 Å². The summed E-state index contributed by atoms with van der Waals surface area (Å²) in [5.74, 6) is -0.570. The van der Waals surface area contributed by atoms with Crippen LogP contribution < -0.4 is 11.1 Å². The molecule has 1 saturated carbocycles. The van der Waals surface area contributed by atoms with E-state index in [1.807, 2.05) is 42.6 Å². The Morgan fingerprint density at radius 2 is 1.91 bits per heavy atom. The first-order valence-corrected chi connectivity index (χ1v) is 17.6. The second kappa shape index (κ2) is 18.3. The number of carbonyl (C=O) groups is 3. The maximum Gasteiger partial charge on any atom is 0.327 e. The number of rotatable bonds is 15. The van der Waals surface area contributed by atoms with E-state index in [2.05, 4.69) is 10.3 Å². The summed E-state index contributed by atoms with van der Waals surface area (Å²) in [6.45, 7) is 3.34. The highest BCUT2D eigenvalue weighted by Crippen LogP contribution is 2.29. The zero-order valence-corrected chi connectivity index (χ0v) is 27.5. The van der Waals surface area contributed by atoms with Crippen LogP contribution >= 0.6 is 11.3 Å². The Kier molecular flexibility index (Phi) is 14.3. The molecule has 1 aliphatic heterocycles. The molecule has 45 heavy (non-hydrogen) atoms. The molecule has 2 aliphatic rings. The van der Waals surface area contributed by atoms with Crippen LogP contribution in [0.5, 0.6) is 0 Å². The van der Waals surface area contributed by atoms with Crippen LogP contribution in [-0.4, -0.2) is 88.3 Å². The second-order valence-electron chi connectivity index (χ2n) is 12.4. The molecule has 0 spiro atoms. The molecule has 0 unspecified atom stereocenters. The number of urea groups is 1. The van der Waals surface area contributed by atoms with E-state index in [-0.39, 0.29) is 6.42 Å². The first-order chi connectivity index (χ1) is 21.9. The smallest absolute Gasteiger partial charge is 0.327 e.